The Kier molecular flexibility index (Phi) is 3.74. The summed E-state index contributed by atoms with van der Waals surface area (Å²) in [4.78, 5) is 23.0. The molecule has 0 bridgehead atoms. The van der Waals surface area contributed by atoms with Crippen LogP contribution in [0, 0.1) is 5.92 Å². The molecule has 0 atom stereocenters. The van der Waals surface area contributed by atoms with Gasteiger partial charge in [0.1, 0.15) is 0 Å². The minimum Gasteiger partial charge on any atom is -0.476 e. The van der Waals surface area contributed by atoms with Crippen LogP contribution in [0.2, 0.25) is 0 Å². The Morgan fingerprint density at radius 1 is 1.23 bits per heavy atom. The number of nitrogens with zero attached hydrogens (tertiary/aromatic N) is 2. The molecule has 0 unspecified atom stereocenters. The number of hydrogen-bond acceptors (Lipinski definition) is 3. The summed E-state index contributed by atoms with van der Waals surface area (Å²) in [5.41, 5.74) is 1.34. The van der Waals surface area contributed by atoms with Crippen molar-refractivity contribution in [3.63, 3.8) is 0 Å². The summed E-state index contributed by atoms with van der Waals surface area (Å²) >= 11 is 0. The number of carbonyl (C=O) groups is 2. The highest BCUT2D eigenvalue weighted by Gasteiger charge is 2.19. The number of hydrogen-bond donors (Lipinski definition) is 2. The number of benzene rings is 1. The monoisotopic (exact) mass is 297 g/mol. The lowest BCUT2D eigenvalue weighted by molar-refractivity contribution is -0.119. The number of aromatic nitrogens is 2. The van der Waals surface area contributed by atoms with E-state index in [0.29, 0.717) is 11.4 Å². The van der Waals surface area contributed by atoms with Gasteiger partial charge in [-0.05, 0) is 37.1 Å². The van der Waals surface area contributed by atoms with Gasteiger partial charge in [-0.2, -0.15) is 5.10 Å². The Hall–Kier alpha value is -2.89. The van der Waals surface area contributed by atoms with E-state index in [1.165, 1.54) is 10.7 Å². The predicted octanol–water partition coefficient (Wildman–Crippen LogP) is 2.48. The molecule has 112 valence electrons. The fourth-order valence-corrected chi connectivity index (χ4v) is 2.38. The number of carboxylic acids is 1. The van der Waals surface area contributed by atoms with E-state index in [0.717, 1.165) is 12.8 Å². The molecule has 6 nitrogen and oxygen atoms in total. The van der Waals surface area contributed by atoms with Crippen molar-refractivity contribution in [3.05, 3.63) is 54.4 Å². The number of nitrogens with one attached hydrogen (secondary N) is 1. The van der Waals surface area contributed by atoms with Gasteiger partial charge in [0.2, 0.25) is 5.91 Å². The van der Waals surface area contributed by atoms with Crippen LogP contribution in [0.5, 0.6) is 0 Å². The van der Waals surface area contributed by atoms with Crippen molar-refractivity contribution in [1.82, 2.24) is 9.78 Å². The maximum absolute atomic E-state index is 12.1. The summed E-state index contributed by atoms with van der Waals surface area (Å²) in [5.74, 6) is -1.09. The van der Waals surface area contributed by atoms with E-state index in [1.54, 1.807) is 30.5 Å². The molecule has 0 fully saturated rings. The average molecular weight is 297 g/mol. The minimum atomic E-state index is -1.07. The molecule has 1 aliphatic rings. The standard InChI is InChI=1S/C16H15N3O3/c20-15(11-4-1-2-5-11)17-12-6-3-7-13(10-12)19-9-8-14(18-19)16(21)22/h1-3,6-11H,4-5H2,(H,17,20)(H,21,22). The van der Waals surface area contributed by atoms with Crippen LogP contribution in [0.25, 0.3) is 5.69 Å². The Balaban J connectivity index is 1.76. The third kappa shape index (κ3) is 2.90. The van der Waals surface area contributed by atoms with Gasteiger partial charge in [-0.3, -0.25) is 4.79 Å². The summed E-state index contributed by atoms with van der Waals surface area (Å²) in [5, 5.41) is 15.8. The third-order valence-electron chi connectivity index (χ3n) is 3.57. The van der Waals surface area contributed by atoms with Crippen molar-refractivity contribution in [2.45, 2.75) is 12.8 Å². The van der Waals surface area contributed by atoms with Crippen LogP contribution in [0.4, 0.5) is 5.69 Å². The summed E-state index contributed by atoms with van der Waals surface area (Å²) in [7, 11) is 0. The molecule has 0 aliphatic heterocycles. The van der Waals surface area contributed by atoms with Crippen molar-refractivity contribution in [2.24, 2.45) is 5.92 Å². The molecule has 0 radical (unpaired) electrons. The zero-order valence-electron chi connectivity index (χ0n) is 11.8. The quantitative estimate of drug-likeness (QED) is 0.849. The second-order valence-corrected chi connectivity index (χ2v) is 5.13. The van der Waals surface area contributed by atoms with E-state index in [2.05, 4.69) is 10.4 Å². The van der Waals surface area contributed by atoms with Gasteiger partial charge in [0.05, 0.1) is 5.69 Å². The van der Waals surface area contributed by atoms with Gasteiger partial charge in [-0.25, -0.2) is 9.48 Å². The summed E-state index contributed by atoms with van der Waals surface area (Å²) in [6, 6.07) is 8.58. The lowest BCUT2D eigenvalue weighted by Gasteiger charge is -2.11. The molecule has 0 saturated carbocycles. The normalized spacial score (nSPS) is 14.2. The third-order valence-corrected chi connectivity index (χ3v) is 3.57. The van der Waals surface area contributed by atoms with Crippen molar-refractivity contribution in [2.75, 3.05) is 5.32 Å². The van der Waals surface area contributed by atoms with Crippen LogP contribution in [-0.2, 0) is 4.79 Å². The summed E-state index contributed by atoms with van der Waals surface area (Å²) in [6.07, 6.45) is 7.14. The largest absolute Gasteiger partial charge is 0.476 e. The van der Waals surface area contributed by atoms with Crippen LogP contribution >= 0.6 is 0 Å². The van der Waals surface area contributed by atoms with Gasteiger partial charge in [0.15, 0.2) is 5.69 Å². The van der Waals surface area contributed by atoms with Crippen LogP contribution in [0.15, 0.2) is 48.7 Å². The molecular formula is C16H15N3O3. The molecule has 6 heteroatoms. The lowest BCUT2D eigenvalue weighted by atomic mass is 10.1. The SMILES string of the molecule is O=C(O)c1ccn(-c2cccc(NC(=O)C3CC=CC3)c2)n1. The molecule has 0 spiro atoms. The first kappa shape index (κ1) is 14.1. The number of rotatable bonds is 4. The molecule has 1 amide bonds. The number of carboxylic acid groups (broad SMARTS) is 1. The van der Waals surface area contributed by atoms with E-state index in [9.17, 15) is 9.59 Å². The van der Waals surface area contributed by atoms with E-state index in [1.807, 2.05) is 12.2 Å². The van der Waals surface area contributed by atoms with E-state index < -0.39 is 5.97 Å². The maximum atomic E-state index is 12.1. The molecule has 1 aliphatic carbocycles. The summed E-state index contributed by atoms with van der Waals surface area (Å²) < 4.78 is 1.47. The molecule has 0 saturated heterocycles. The van der Waals surface area contributed by atoms with E-state index >= 15 is 0 Å². The van der Waals surface area contributed by atoms with Crippen LogP contribution in [-0.4, -0.2) is 26.8 Å². The molecule has 3 rings (SSSR count). The first-order chi connectivity index (χ1) is 10.6. The number of carbonyl (C=O) groups excluding carboxylic acids is 1. The molecule has 2 aromatic rings. The topological polar surface area (TPSA) is 84.2 Å². The zero-order valence-corrected chi connectivity index (χ0v) is 11.8. The second kappa shape index (κ2) is 5.85. The van der Waals surface area contributed by atoms with Crippen LogP contribution in [0.1, 0.15) is 23.3 Å². The molecule has 1 aromatic carbocycles. The van der Waals surface area contributed by atoms with Crippen LogP contribution in [0.3, 0.4) is 0 Å². The number of anilines is 1. The second-order valence-electron chi connectivity index (χ2n) is 5.13. The van der Waals surface area contributed by atoms with Gasteiger partial charge in [-0.1, -0.05) is 18.2 Å². The van der Waals surface area contributed by atoms with Gasteiger partial charge in [0, 0.05) is 17.8 Å². The van der Waals surface area contributed by atoms with Crippen molar-refractivity contribution < 1.29 is 14.7 Å². The van der Waals surface area contributed by atoms with Gasteiger partial charge >= 0.3 is 5.97 Å². The van der Waals surface area contributed by atoms with E-state index in [-0.39, 0.29) is 17.5 Å². The Morgan fingerprint density at radius 3 is 2.68 bits per heavy atom. The van der Waals surface area contributed by atoms with E-state index in [4.69, 9.17) is 5.11 Å². The number of aromatic carboxylic acids is 1. The van der Waals surface area contributed by atoms with Crippen LogP contribution < -0.4 is 5.32 Å². The Bertz CT molecular complexity index is 741. The molecule has 2 N–H and O–H groups in total. The molecule has 1 heterocycles. The van der Waals surface area contributed by atoms with Gasteiger partial charge in [-0.15, -0.1) is 0 Å². The minimum absolute atomic E-state index is 0.00570. The van der Waals surface area contributed by atoms with Gasteiger partial charge < -0.3 is 10.4 Å². The number of allylic oxidation sites excluding steroid dienone is 2. The van der Waals surface area contributed by atoms with Crippen molar-refractivity contribution in [1.29, 1.82) is 0 Å². The zero-order chi connectivity index (χ0) is 15.5. The average Bonchev–Trinajstić information content (AvgIpc) is 3.19. The highest BCUT2D eigenvalue weighted by molar-refractivity contribution is 5.93. The maximum Gasteiger partial charge on any atom is 0.356 e. The van der Waals surface area contributed by atoms with Gasteiger partial charge in [0.25, 0.3) is 0 Å². The lowest BCUT2D eigenvalue weighted by Crippen LogP contribution is -2.20. The fraction of sp³-hybridized carbons (Fsp3) is 0.188. The first-order valence-corrected chi connectivity index (χ1v) is 6.99. The van der Waals surface area contributed by atoms with Crippen molar-refractivity contribution >= 4 is 17.6 Å². The smallest absolute Gasteiger partial charge is 0.356 e. The molecule has 1 aromatic heterocycles. The fourth-order valence-electron chi connectivity index (χ4n) is 2.38. The summed E-state index contributed by atoms with van der Waals surface area (Å²) in [6.45, 7) is 0. The highest BCUT2D eigenvalue weighted by Crippen LogP contribution is 2.21. The highest BCUT2D eigenvalue weighted by atomic mass is 16.4. The van der Waals surface area contributed by atoms with Crippen molar-refractivity contribution in [3.8, 4) is 5.69 Å². The molecular weight excluding hydrogens is 282 g/mol. The predicted molar refractivity (Wildman–Crippen MR) is 81.0 cm³/mol. The Morgan fingerprint density at radius 2 is 2.00 bits per heavy atom. The molecule has 22 heavy (non-hydrogen) atoms. The first-order valence-electron chi connectivity index (χ1n) is 6.99. The Labute approximate surface area is 127 Å². The number of amides is 1.